The number of carboxylic acids is 1. The van der Waals surface area contributed by atoms with Crippen molar-refractivity contribution in [2.75, 3.05) is 0 Å². The number of carbonyl (C=O) groups excluding carboxylic acids is 1. The lowest BCUT2D eigenvalue weighted by Gasteiger charge is -2.12. The molecule has 4 nitrogen and oxygen atoms in total. The minimum atomic E-state index is -1.08. The van der Waals surface area contributed by atoms with Crippen molar-refractivity contribution in [3.63, 3.8) is 0 Å². The van der Waals surface area contributed by atoms with Gasteiger partial charge in [-0.3, -0.25) is 4.79 Å². The summed E-state index contributed by atoms with van der Waals surface area (Å²) in [6, 6.07) is 7.32. The Morgan fingerprint density at radius 2 is 1.80 bits per heavy atom. The highest BCUT2D eigenvalue weighted by Gasteiger charge is 2.21. The highest BCUT2D eigenvalue weighted by molar-refractivity contribution is 7.09. The molecule has 1 amide bonds. The van der Waals surface area contributed by atoms with E-state index in [1.807, 2.05) is 17.5 Å². The van der Waals surface area contributed by atoms with Gasteiger partial charge in [0.05, 0.1) is 17.7 Å². The first-order valence-corrected chi connectivity index (χ1v) is 7.02. The van der Waals surface area contributed by atoms with Crippen molar-refractivity contribution in [3.05, 3.63) is 56.8 Å². The Morgan fingerprint density at radius 3 is 2.35 bits per heavy atom. The van der Waals surface area contributed by atoms with Crippen LogP contribution in [0.5, 0.6) is 0 Å². The van der Waals surface area contributed by atoms with Crippen LogP contribution in [0.15, 0.2) is 29.6 Å². The summed E-state index contributed by atoms with van der Waals surface area (Å²) in [7, 11) is 0. The Bertz CT molecular complexity index is 647. The second-order valence-corrected chi connectivity index (χ2v) is 5.55. The van der Waals surface area contributed by atoms with Crippen LogP contribution in [-0.2, 0) is 6.54 Å². The number of carbonyl (C=O) groups is 2. The maximum Gasteiger partial charge on any atom is 0.336 e. The summed E-state index contributed by atoms with van der Waals surface area (Å²) < 4.78 is 0. The Morgan fingerprint density at radius 1 is 1.15 bits per heavy atom. The number of aromatic carboxylic acids is 1. The summed E-state index contributed by atoms with van der Waals surface area (Å²) in [5, 5.41) is 14.0. The molecule has 0 aliphatic heterocycles. The van der Waals surface area contributed by atoms with Gasteiger partial charge in [-0.25, -0.2) is 4.79 Å². The zero-order chi connectivity index (χ0) is 14.7. The molecule has 0 unspecified atom stereocenters. The zero-order valence-corrected chi connectivity index (χ0v) is 12.1. The second kappa shape index (κ2) is 5.88. The number of carboxylic acid groups (broad SMARTS) is 1. The average molecular weight is 289 g/mol. The van der Waals surface area contributed by atoms with Gasteiger partial charge in [-0.1, -0.05) is 18.2 Å². The molecule has 2 aromatic rings. The van der Waals surface area contributed by atoms with Gasteiger partial charge in [0.25, 0.3) is 5.91 Å². The van der Waals surface area contributed by atoms with E-state index >= 15 is 0 Å². The summed E-state index contributed by atoms with van der Waals surface area (Å²) in [5.74, 6) is -1.43. The van der Waals surface area contributed by atoms with Crippen LogP contribution in [0.2, 0.25) is 0 Å². The maximum atomic E-state index is 12.3. The molecule has 0 fully saturated rings. The van der Waals surface area contributed by atoms with Crippen molar-refractivity contribution >= 4 is 23.2 Å². The Hall–Kier alpha value is -2.14. The predicted molar refractivity (Wildman–Crippen MR) is 78.4 cm³/mol. The normalized spacial score (nSPS) is 10.3. The SMILES string of the molecule is Cc1ccc(C)c(C(=O)NCc2cccs2)c1C(=O)O. The predicted octanol–water partition coefficient (Wildman–Crippen LogP) is 2.99. The summed E-state index contributed by atoms with van der Waals surface area (Å²) in [4.78, 5) is 24.7. The fourth-order valence-electron chi connectivity index (χ4n) is 2.05. The third-order valence-electron chi connectivity index (χ3n) is 3.07. The highest BCUT2D eigenvalue weighted by atomic mass is 32.1. The topological polar surface area (TPSA) is 66.4 Å². The summed E-state index contributed by atoms with van der Waals surface area (Å²) >= 11 is 1.55. The average Bonchev–Trinajstić information content (AvgIpc) is 2.91. The van der Waals surface area contributed by atoms with Crippen molar-refractivity contribution in [1.29, 1.82) is 0 Å². The number of rotatable bonds is 4. The molecule has 104 valence electrons. The standard InChI is InChI=1S/C15H15NO3S/c1-9-5-6-10(2)13(15(18)19)12(9)14(17)16-8-11-4-3-7-20-11/h3-7H,8H2,1-2H3,(H,16,17)(H,18,19). The van der Waals surface area contributed by atoms with Gasteiger partial charge in [0.15, 0.2) is 0 Å². The minimum Gasteiger partial charge on any atom is -0.478 e. The first-order valence-electron chi connectivity index (χ1n) is 6.14. The maximum absolute atomic E-state index is 12.3. The molecule has 1 aromatic heterocycles. The number of hydrogen-bond acceptors (Lipinski definition) is 3. The molecule has 0 bridgehead atoms. The lowest BCUT2D eigenvalue weighted by molar-refractivity contribution is 0.0690. The van der Waals surface area contributed by atoms with Crippen LogP contribution >= 0.6 is 11.3 Å². The van der Waals surface area contributed by atoms with E-state index in [9.17, 15) is 14.7 Å². The molecule has 0 spiro atoms. The third kappa shape index (κ3) is 2.88. The highest BCUT2D eigenvalue weighted by Crippen LogP contribution is 2.19. The molecular weight excluding hydrogens is 274 g/mol. The Kier molecular flexibility index (Phi) is 4.20. The molecule has 5 heteroatoms. The number of thiophene rings is 1. The van der Waals surface area contributed by atoms with Gasteiger partial charge < -0.3 is 10.4 Å². The minimum absolute atomic E-state index is 0.0775. The van der Waals surface area contributed by atoms with Crippen LogP contribution in [0, 0.1) is 13.8 Å². The van der Waals surface area contributed by atoms with E-state index in [2.05, 4.69) is 5.32 Å². The molecule has 0 radical (unpaired) electrons. The number of hydrogen-bond donors (Lipinski definition) is 2. The van der Waals surface area contributed by atoms with Gasteiger partial charge >= 0.3 is 5.97 Å². The molecule has 1 aromatic carbocycles. The fourth-order valence-corrected chi connectivity index (χ4v) is 2.69. The zero-order valence-electron chi connectivity index (χ0n) is 11.3. The molecule has 0 aliphatic rings. The van der Waals surface area contributed by atoms with Crippen molar-refractivity contribution < 1.29 is 14.7 Å². The van der Waals surface area contributed by atoms with E-state index in [-0.39, 0.29) is 17.0 Å². The van der Waals surface area contributed by atoms with Gasteiger partial charge in [-0.2, -0.15) is 0 Å². The van der Waals surface area contributed by atoms with E-state index in [4.69, 9.17) is 0 Å². The lowest BCUT2D eigenvalue weighted by Crippen LogP contribution is -2.26. The van der Waals surface area contributed by atoms with Crippen molar-refractivity contribution in [3.8, 4) is 0 Å². The van der Waals surface area contributed by atoms with Gasteiger partial charge in [0, 0.05) is 4.88 Å². The number of nitrogens with one attached hydrogen (secondary N) is 1. The first kappa shape index (κ1) is 14.3. The lowest BCUT2D eigenvalue weighted by atomic mass is 9.96. The molecule has 2 N–H and O–H groups in total. The molecule has 0 aliphatic carbocycles. The van der Waals surface area contributed by atoms with E-state index in [0.29, 0.717) is 17.7 Å². The molecular formula is C15H15NO3S. The molecule has 0 saturated carbocycles. The molecule has 20 heavy (non-hydrogen) atoms. The van der Waals surface area contributed by atoms with E-state index in [1.165, 1.54) is 0 Å². The van der Waals surface area contributed by atoms with Crippen LogP contribution < -0.4 is 5.32 Å². The van der Waals surface area contributed by atoms with Gasteiger partial charge in [0.1, 0.15) is 0 Å². The number of benzene rings is 1. The van der Waals surface area contributed by atoms with Gasteiger partial charge in [0.2, 0.25) is 0 Å². The summed E-state index contributed by atoms with van der Waals surface area (Å²) in [6.45, 7) is 3.84. The van der Waals surface area contributed by atoms with Crippen LogP contribution in [0.25, 0.3) is 0 Å². The van der Waals surface area contributed by atoms with Crippen LogP contribution in [0.1, 0.15) is 36.7 Å². The summed E-state index contributed by atoms with van der Waals surface area (Å²) in [6.07, 6.45) is 0. The van der Waals surface area contributed by atoms with Crippen LogP contribution in [-0.4, -0.2) is 17.0 Å². The Balaban J connectivity index is 2.29. The largest absolute Gasteiger partial charge is 0.478 e. The van der Waals surface area contributed by atoms with E-state index in [1.54, 1.807) is 37.3 Å². The van der Waals surface area contributed by atoms with Crippen molar-refractivity contribution in [2.45, 2.75) is 20.4 Å². The first-order chi connectivity index (χ1) is 9.50. The number of aryl methyl sites for hydroxylation is 2. The molecule has 0 saturated heterocycles. The van der Waals surface area contributed by atoms with E-state index in [0.717, 1.165) is 4.88 Å². The van der Waals surface area contributed by atoms with Crippen LogP contribution in [0.4, 0.5) is 0 Å². The number of amides is 1. The smallest absolute Gasteiger partial charge is 0.336 e. The van der Waals surface area contributed by atoms with Gasteiger partial charge in [-0.15, -0.1) is 11.3 Å². The van der Waals surface area contributed by atoms with Gasteiger partial charge in [-0.05, 0) is 36.4 Å². The van der Waals surface area contributed by atoms with Crippen molar-refractivity contribution in [2.24, 2.45) is 0 Å². The van der Waals surface area contributed by atoms with Crippen LogP contribution in [0.3, 0.4) is 0 Å². The molecule has 0 atom stereocenters. The quantitative estimate of drug-likeness (QED) is 0.909. The fraction of sp³-hybridized carbons (Fsp3) is 0.200. The van der Waals surface area contributed by atoms with Crippen molar-refractivity contribution in [1.82, 2.24) is 5.32 Å². The third-order valence-corrected chi connectivity index (χ3v) is 3.94. The second-order valence-electron chi connectivity index (χ2n) is 4.52. The molecule has 1 heterocycles. The summed E-state index contributed by atoms with van der Waals surface area (Å²) in [5.41, 5.74) is 1.57. The molecule has 2 rings (SSSR count). The van der Waals surface area contributed by atoms with E-state index < -0.39 is 5.97 Å². The monoisotopic (exact) mass is 289 g/mol. The Labute approximate surface area is 121 Å².